The van der Waals surface area contributed by atoms with Crippen LogP contribution in [-0.4, -0.2) is 54.0 Å². The molecule has 0 spiro atoms. The molecule has 2 fully saturated rings. The van der Waals surface area contributed by atoms with Gasteiger partial charge in [-0.15, -0.1) is 6.58 Å². The highest BCUT2D eigenvalue weighted by Crippen LogP contribution is 2.27. The molecular formula is C15H25N3O2S. The van der Waals surface area contributed by atoms with Gasteiger partial charge in [-0.3, -0.25) is 4.79 Å². The Morgan fingerprint density at radius 2 is 1.86 bits per heavy atom. The summed E-state index contributed by atoms with van der Waals surface area (Å²) in [5, 5.41) is 5.69. The highest BCUT2D eigenvalue weighted by Gasteiger charge is 2.30. The first-order chi connectivity index (χ1) is 10.2. The number of nitrogens with one attached hydrogen (secondary N) is 2. The summed E-state index contributed by atoms with van der Waals surface area (Å²) in [5.74, 6) is 2.60. The van der Waals surface area contributed by atoms with Crippen LogP contribution in [0.15, 0.2) is 12.7 Å². The van der Waals surface area contributed by atoms with E-state index in [1.165, 1.54) is 0 Å². The Kier molecular flexibility index (Phi) is 6.42. The first kappa shape index (κ1) is 16.2. The molecule has 0 aromatic heterocycles. The Morgan fingerprint density at radius 1 is 1.19 bits per heavy atom. The van der Waals surface area contributed by atoms with E-state index >= 15 is 0 Å². The van der Waals surface area contributed by atoms with E-state index in [0.717, 1.165) is 50.3 Å². The van der Waals surface area contributed by atoms with Crippen LogP contribution in [0.5, 0.6) is 0 Å². The molecule has 3 amide bonds. The SMILES string of the molecule is C=CCNC(=O)NC1CCC(C(=O)N2CCSCC2)CC1. The lowest BCUT2D eigenvalue weighted by atomic mass is 9.85. The molecule has 5 nitrogen and oxygen atoms in total. The molecule has 2 aliphatic rings. The first-order valence-electron chi connectivity index (χ1n) is 7.72. The summed E-state index contributed by atoms with van der Waals surface area (Å²) in [7, 11) is 0. The van der Waals surface area contributed by atoms with Gasteiger partial charge in [-0.25, -0.2) is 4.79 Å². The number of urea groups is 1. The molecule has 0 aromatic carbocycles. The van der Waals surface area contributed by atoms with Crippen LogP contribution in [0.1, 0.15) is 25.7 Å². The lowest BCUT2D eigenvalue weighted by Gasteiger charge is -2.34. The number of thioether (sulfide) groups is 1. The topological polar surface area (TPSA) is 61.4 Å². The molecule has 0 atom stereocenters. The largest absolute Gasteiger partial charge is 0.341 e. The molecule has 0 aromatic rings. The van der Waals surface area contributed by atoms with Gasteiger partial charge in [0.25, 0.3) is 0 Å². The molecule has 0 bridgehead atoms. The van der Waals surface area contributed by atoms with Crippen molar-refractivity contribution in [2.24, 2.45) is 5.92 Å². The van der Waals surface area contributed by atoms with Gasteiger partial charge in [0.2, 0.25) is 5.91 Å². The minimum Gasteiger partial charge on any atom is -0.341 e. The Morgan fingerprint density at radius 3 is 2.48 bits per heavy atom. The Labute approximate surface area is 130 Å². The average Bonchev–Trinajstić information content (AvgIpc) is 2.54. The number of carbonyl (C=O) groups is 2. The van der Waals surface area contributed by atoms with Crippen LogP contribution in [0.4, 0.5) is 4.79 Å². The smallest absolute Gasteiger partial charge is 0.315 e. The maximum Gasteiger partial charge on any atom is 0.315 e. The number of nitrogens with zero attached hydrogens (tertiary/aromatic N) is 1. The molecule has 0 unspecified atom stereocenters. The average molecular weight is 311 g/mol. The van der Waals surface area contributed by atoms with Crippen molar-refractivity contribution in [2.45, 2.75) is 31.7 Å². The zero-order valence-corrected chi connectivity index (χ0v) is 13.3. The van der Waals surface area contributed by atoms with E-state index in [9.17, 15) is 9.59 Å². The fraction of sp³-hybridized carbons (Fsp3) is 0.733. The van der Waals surface area contributed by atoms with Crippen LogP contribution >= 0.6 is 11.8 Å². The van der Waals surface area contributed by atoms with E-state index in [2.05, 4.69) is 17.2 Å². The summed E-state index contributed by atoms with van der Waals surface area (Å²) >= 11 is 1.92. The lowest BCUT2D eigenvalue weighted by molar-refractivity contribution is -0.136. The zero-order valence-electron chi connectivity index (χ0n) is 12.5. The van der Waals surface area contributed by atoms with Crippen LogP contribution < -0.4 is 10.6 Å². The van der Waals surface area contributed by atoms with Crippen molar-refractivity contribution in [1.29, 1.82) is 0 Å². The van der Waals surface area contributed by atoms with Gasteiger partial charge in [-0.1, -0.05) is 6.08 Å². The number of rotatable bonds is 4. The molecule has 0 radical (unpaired) electrons. The van der Waals surface area contributed by atoms with E-state index in [0.29, 0.717) is 12.5 Å². The van der Waals surface area contributed by atoms with Crippen molar-refractivity contribution in [3.05, 3.63) is 12.7 Å². The minimum absolute atomic E-state index is 0.141. The minimum atomic E-state index is -0.141. The van der Waals surface area contributed by atoms with Gasteiger partial charge in [0, 0.05) is 43.1 Å². The van der Waals surface area contributed by atoms with E-state index in [-0.39, 0.29) is 18.0 Å². The second kappa shape index (κ2) is 8.32. The maximum atomic E-state index is 12.4. The molecule has 1 aliphatic carbocycles. The van der Waals surface area contributed by atoms with E-state index in [4.69, 9.17) is 0 Å². The van der Waals surface area contributed by atoms with Crippen molar-refractivity contribution >= 4 is 23.7 Å². The van der Waals surface area contributed by atoms with E-state index in [1.807, 2.05) is 16.7 Å². The van der Waals surface area contributed by atoms with Crippen LogP contribution in [0, 0.1) is 5.92 Å². The van der Waals surface area contributed by atoms with Crippen LogP contribution in [0.25, 0.3) is 0 Å². The van der Waals surface area contributed by atoms with Gasteiger partial charge in [0.1, 0.15) is 0 Å². The van der Waals surface area contributed by atoms with E-state index < -0.39 is 0 Å². The van der Waals surface area contributed by atoms with Gasteiger partial charge >= 0.3 is 6.03 Å². The van der Waals surface area contributed by atoms with Crippen molar-refractivity contribution < 1.29 is 9.59 Å². The summed E-state index contributed by atoms with van der Waals surface area (Å²) in [4.78, 5) is 26.0. The van der Waals surface area contributed by atoms with Gasteiger partial charge < -0.3 is 15.5 Å². The van der Waals surface area contributed by atoms with Gasteiger partial charge in [-0.05, 0) is 25.7 Å². The first-order valence-corrected chi connectivity index (χ1v) is 8.88. The Bertz CT molecular complexity index is 375. The fourth-order valence-electron chi connectivity index (χ4n) is 2.93. The fourth-order valence-corrected chi connectivity index (χ4v) is 3.83. The highest BCUT2D eigenvalue weighted by molar-refractivity contribution is 7.99. The van der Waals surface area contributed by atoms with Crippen molar-refractivity contribution in [1.82, 2.24) is 15.5 Å². The van der Waals surface area contributed by atoms with Gasteiger partial charge in [0.05, 0.1) is 0 Å². The van der Waals surface area contributed by atoms with Crippen LogP contribution in [0.3, 0.4) is 0 Å². The number of carbonyl (C=O) groups excluding carboxylic acids is 2. The van der Waals surface area contributed by atoms with Gasteiger partial charge in [-0.2, -0.15) is 11.8 Å². The third kappa shape index (κ3) is 4.95. The third-order valence-electron chi connectivity index (χ3n) is 4.14. The standard InChI is InChI=1S/C15H25N3O2S/c1-2-7-16-15(20)17-13-5-3-12(4-6-13)14(19)18-8-10-21-11-9-18/h2,12-13H,1,3-11H2,(H2,16,17,20). The quantitative estimate of drug-likeness (QED) is 0.775. The monoisotopic (exact) mass is 311 g/mol. The molecule has 6 heteroatoms. The molecule has 118 valence electrons. The summed E-state index contributed by atoms with van der Waals surface area (Å²) in [5.41, 5.74) is 0. The van der Waals surface area contributed by atoms with Gasteiger partial charge in [0.15, 0.2) is 0 Å². The van der Waals surface area contributed by atoms with Crippen molar-refractivity contribution in [3.8, 4) is 0 Å². The molecule has 1 aliphatic heterocycles. The Hall–Kier alpha value is -1.17. The maximum absolute atomic E-state index is 12.4. The zero-order chi connectivity index (χ0) is 15.1. The van der Waals surface area contributed by atoms with Crippen LogP contribution in [0.2, 0.25) is 0 Å². The molecular weight excluding hydrogens is 286 g/mol. The molecule has 1 saturated carbocycles. The number of hydrogen-bond acceptors (Lipinski definition) is 3. The molecule has 21 heavy (non-hydrogen) atoms. The third-order valence-corrected chi connectivity index (χ3v) is 5.08. The predicted molar refractivity (Wildman–Crippen MR) is 86.4 cm³/mol. The molecule has 1 saturated heterocycles. The summed E-state index contributed by atoms with van der Waals surface area (Å²) in [6.45, 7) is 5.83. The molecule has 2 N–H and O–H groups in total. The van der Waals surface area contributed by atoms with E-state index in [1.54, 1.807) is 6.08 Å². The molecule has 1 heterocycles. The number of hydrogen-bond donors (Lipinski definition) is 2. The second-order valence-corrected chi connectivity index (χ2v) is 6.85. The van der Waals surface area contributed by atoms with Crippen molar-refractivity contribution in [3.63, 3.8) is 0 Å². The Balaban J connectivity index is 1.71. The number of amides is 3. The summed E-state index contributed by atoms with van der Waals surface area (Å²) in [6.07, 6.45) is 5.21. The summed E-state index contributed by atoms with van der Waals surface area (Å²) < 4.78 is 0. The molecule has 2 rings (SSSR count). The van der Waals surface area contributed by atoms with Crippen LogP contribution in [-0.2, 0) is 4.79 Å². The highest BCUT2D eigenvalue weighted by atomic mass is 32.2. The van der Waals surface area contributed by atoms with Crippen molar-refractivity contribution in [2.75, 3.05) is 31.1 Å². The lowest BCUT2D eigenvalue weighted by Crippen LogP contribution is -2.46. The summed E-state index contributed by atoms with van der Waals surface area (Å²) in [6, 6.07) is 0.0495. The predicted octanol–water partition coefficient (Wildman–Crippen LogP) is 1.61. The normalized spacial score (nSPS) is 26.0. The second-order valence-electron chi connectivity index (χ2n) is 5.63.